The lowest BCUT2D eigenvalue weighted by atomic mass is 10.1. The molecule has 1 aromatic heterocycles. The van der Waals surface area contributed by atoms with E-state index < -0.39 is 0 Å². The van der Waals surface area contributed by atoms with Crippen LogP contribution in [0.4, 0.5) is 0 Å². The lowest BCUT2D eigenvalue weighted by Crippen LogP contribution is -2.02. The van der Waals surface area contributed by atoms with E-state index in [-0.39, 0.29) is 11.6 Å². The number of aromatic nitrogens is 2. The van der Waals surface area contributed by atoms with Gasteiger partial charge in [0, 0.05) is 26.5 Å². The summed E-state index contributed by atoms with van der Waals surface area (Å²) in [7, 11) is 1.76. The average Bonchev–Trinajstić information content (AvgIpc) is 2.69. The van der Waals surface area contributed by atoms with Crippen LogP contribution < -0.4 is 4.74 Å². The van der Waals surface area contributed by atoms with E-state index in [0.717, 1.165) is 25.7 Å². The Bertz CT molecular complexity index is 438. The molecule has 0 amide bonds. The summed E-state index contributed by atoms with van der Waals surface area (Å²) >= 11 is 0. The third-order valence-electron chi connectivity index (χ3n) is 2.87. The minimum Gasteiger partial charge on any atom is -0.478 e. The van der Waals surface area contributed by atoms with Crippen LogP contribution in [0.1, 0.15) is 56.4 Å². The SMILES string of the molecule is CC(=O)CCCCCCOc1cc(C(C)=O)nn1C. The second-order valence-electron chi connectivity index (χ2n) is 4.76. The quantitative estimate of drug-likeness (QED) is 0.509. The van der Waals surface area contributed by atoms with Crippen molar-refractivity contribution in [1.29, 1.82) is 0 Å². The molecule has 0 spiro atoms. The molecular weight excluding hydrogens is 244 g/mol. The van der Waals surface area contributed by atoms with Crippen LogP contribution in [0.25, 0.3) is 0 Å². The zero-order chi connectivity index (χ0) is 14.3. The zero-order valence-electron chi connectivity index (χ0n) is 11.9. The first-order valence-electron chi connectivity index (χ1n) is 6.68. The van der Waals surface area contributed by atoms with Gasteiger partial charge < -0.3 is 9.53 Å². The van der Waals surface area contributed by atoms with E-state index in [9.17, 15) is 9.59 Å². The van der Waals surface area contributed by atoms with Gasteiger partial charge in [-0.3, -0.25) is 4.79 Å². The molecule has 0 aliphatic carbocycles. The summed E-state index contributed by atoms with van der Waals surface area (Å²) in [5, 5.41) is 4.06. The summed E-state index contributed by atoms with van der Waals surface area (Å²) in [4.78, 5) is 21.9. The van der Waals surface area contributed by atoms with E-state index in [1.807, 2.05) is 0 Å². The molecule has 0 N–H and O–H groups in total. The number of carbonyl (C=O) groups is 2. The van der Waals surface area contributed by atoms with E-state index in [1.165, 1.54) is 6.92 Å². The molecule has 106 valence electrons. The number of rotatable bonds is 9. The highest BCUT2D eigenvalue weighted by Crippen LogP contribution is 2.13. The second-order valence-corrected chi connectivity index (χ2v) is 4.76. The van der Waals surface area contributed by atoms with Crippen LogP contribution in [0.2, 0.25) is 0 Å². The number of ether oxygens (including phenoxy) is 1. The molecule has 5 nitrogen and oxygen atoms in total. The third kappa shape index (κ3) is 5.68. The van der Waals surface area contributed by atoms with Crippen LogP contribution in [0.15, 0.2) is 6.07 Å². The number of Topliss-reactive ketones (excluding diaryl/α,β-unsaturated/α-hetero) is 2. The Kier molecular flexibility index (Phi) is 6.25. The Labute approximate surface area is 113 Å². The Morgan fingerprint density at radius 1 is 1.21 bits per heavy atom. The predicted molar refractivity (Wildman–Crippen MR) is 72.5 cm³/mol. The maximum Gasteiger partial charge on any atom is 0.212 e. The maximum atomic E-state index is 11.2. The molecule has 0 fully saturated rings. The standard InChI is InChI=1S/C14H22N2O3/c1-11(17)8-6-4-5-7-9-19-14-10-13(12(2)18)15-16(14)3/h10H,4-9H2,1-3H3. The summed E-state index contributed by atoms with van der Waals surface area (Å²) in [5.41, 5.74) is 0.430. The maximum absolute atomic E-state index is 11.2. The van der Waals surface area contributed by atoms with E-state index in [2.05, 4.69) is 5.10 Å². The summed E-state index contributed by atoms with van der Waals surface area (Å²) < 4.78 is 7.15. The Morgan fingerprint density at radius 2 is 1.89 bits per heavy atom. The molecule has 0 radical (unpaired) electrons. The highest BCUT2D eigenvalue weighted by atomic mass is 16.5. The van der Waals surface area contributed by atoms with Crippen LogP contribution >= 0.6 is 0 Å². The summed E-state index contributed by atoms with van der Waals surface area (Å²) in [6, 6.07) is 1.66. The molecule has 0 saturated carbocycles. The van der Waals surface area contributed by atoms with Crippen molar-refractivity contribution in [3.05, 3.63) is 11.8 Å². The molecule has 0 saturated heterocycles. The van der Waals surface area contributed by atoms with Crippen molar-refractivity contribution in [2.75, 3.05) is 6.61 Å². The van der Waals surface area contributed by atoms with Gasteiger partial charge in [-0.05, 0) is 19.8 Å². The minimum atomic E-state index is -0.0605. The van der Waals surface area contributed by atoms with Gasteiger partial charge in [0.25, 0.3) is 0 Å². The van der Waals surface area contributed by atoms with E-state index in [0.29, 0.717) is 24.6 Å². The number of aryl methyl sites for hydroxylation is 1. The number of unbranched alkanes of at least 4 members (excludes halogenated alkanes) is 3. The molecular formula is C14H22N2O3. The monoisotopic (exact) mass is 266 g/mol. The molecule has 5 heteroatoms. The number of ketones is 2. The third-order valence-corrected chi connectivity index (χ3v) is 2.87. The van der Waals surface area contributed by atoms with Gasteiger partial charge in [-0.15, -0.1) is 0 Å². The smallest absolute Gasteiger partial charge is 0.212 e. The van der Waals surface area contributed by atoms with E-state index in [1.54, 1.807) is 24.7 Å². The second kappa shape index (κ2) is 7.71. The van der Waals surface area contributed by atoms with Crippen molar-refractivity contribution < 1.29 is 14.3 Å². The topological polar surface area (TPSA) is 61.2 Å². The van der Waals surface area contributed by atoms with Crippen molar-refractivity contribution >= 4 is 11.6 Å². The van der Waals surface area contributed by atoms with Crippen molar-refractivity contribution in [2.24, 2.45) is 7.05 Å². The average molecular weight is 266 g/mol. The fourth-order valence-electron chi connectivity index (χ4n) is 1.76. The van der Waals surface area contributed by atoms with Crippen LogP contribution in [-0.2, 0) is 11.8 Å². The van der Waals surface area contributed by atoms with Gasteiger partial charge >= 0.3 is 0 Å². The molecule has 0 aliphatic heterocycles. The highest BCUT2D eigenvalue weighted by molar-refractivity contribution is 5.92. The molecule has 0 atom stereocenters. The van der Waals surface area contributed by atoms with Gasteiger partial charge in [0.2, 0.25) is 5.88 Å². The lowest BCUT2D eigenvalue weighted by molar-refractivity contribution is -0.117. The van der Waals surface area contributed by atoms with E-state index >= 15 is 0 Å². The van der Waals surface area contributed by atoms with Crippen LogP contribution in [0.5, 0.6) is 5.88 Å². The minimum absolute atomic E-state index is 0.0605. The Balaban J connectivity index is 2.19. The summed E-state index contributed by atoms with van der Waals surface area (Å²) in [6.07, 6.45) is 4.66. The fraction of sp³-hybridized carbons (Fsp3) is 0.643. The molecule has 0 aliphatic rings. The molecule has 0 unspecified atom stereocenters. The molecule has 1 heterocycles. The zero-order valence-corrected chi connectivity index (χ0v) is 11.9. The first kappa shape index (κ1) is 15.4. The highest BCUT2D eigenvalue weighted by Gasteiger charge is 2.09. The first-order valence-corrected chi connectivity index (χ1v) is 6.68. The predicted octanol–water partition coefficient (Wildman–Crippen LogP) is 2.54. The lowest BCUT2D eigenvalue weighted by Gasteiger charge is -2.05. The van der Waals surface area contributed by atoms with Gasteiger partial charge in [-0.1, -0.05) is 12.8 Å². The van der Waals surface area contributed by atoms with Crippen LogP contribution in [0.3, 0.4) is 0 Å². The van der Waals surface area contributed by atoms with Gasteiger partial charge in [-0.2, -0.15) is 5.10 Å². The van der Waals surface area contributed by atoms with Crippen molar-refractivity contribution in [3.63, 3.8) is 0 Å². The Hall–Kier alpha value is -1.65. The molecule has 1 rings (SSSR count). The fourth-order valence-corrected chi connectivity index (χ4v) is 1.76. The van der Waals surface area contributed by atoms with Gasteiger partial charge in [0.15, 0.2) is 5.78 Å². The van der Waals surface area contributed by atoms with Crippen LogP contribution in [-0.4, -0.2) is 28.0 Å². The summed E-state index contributed by atoms with van der Waals surface area (Å²) in [6.45, 7) is 3.72. The number of carbonyl (C=O) groups excluding carboxylic acids is 2. The van der Waals surface area contributed by atoms with Gasteiger partial charge in [0.1, 0.15) is 11.5 Å². The number of hydrogen-bond donors (Lipinski definition) is 0. The van der Waals surface area contributed by atoms with Crippen molar-refractivity contribution in [1.82, 2.24) is 9.78 Å². The van der Waals surface area contributed by atoms with Gasteiger partial charge in [-0.25, -0.2) is 4.68 Å². The first-order chi connectivity index (χ1) is 9.00. The van der Waals surface area contributed by atoms with Crippen LogP contribution in [0, 0.1) is 0 Å². The molecule has 1 aromatic rings. The van der Waals surface area contributed by atoms with E-state index in [4.69, 9.17) is 4.74 Å². The molecule has 0 aromatic carbocycles. The number of nitrogens with zero attached hydrogens (tertiary/aromatic N) is 2. The largest absolute Gasteiger partial charge is 0.478 e. The van der Waals surface area contributed by atoms with Gasteiger partial charge in [0.05, 0.1) is 6.61 Å². The molecule has 0 bridgehead atoms. The van der Waals surface area contributed by atoms with Crippen molar-refractivity contribution in [3.8, 4) is 5.88 Å². The van der Waals surface area contributed by atoms with Crippen molar-refractivity contribution in [2.45, 2.75) is 46.0 Å². The number of hydrogen-bond acceptors (Lipinski definition) is 4. The Morgan fingerprint density at radius 3 is 2.47 bits per heavy atom. The summed E-state index contributed by atoms with van der Waals surface area (Å²) in [5.74, 6) is 0.812. The normalized spacial score (nSPS) is 10.5. The molecule has 19 heavy (non-hydrogen) atoms.